The summed E-state index contributed by atoms with van der Waals surface area (Å²) in [5, 5.41) is 3.29. The van der Waals surface area contributed by atoms with Crippen LogP contribution in [0.4, 0.5) is 0 Å². The molecule has 1 fully saturated rings. The Kier molecular flexibility index (Phi) is 4.68. The molecule has 0 aromatic carbocycles. The molecule has 0 saturated heterocycles. The second-order valence-corrected chi connectivity index (χ2v) is 8.46. The number of rotatable bonds is 3. The Morgan fingerprint density at radius 1 is 1.40 bits per heavy atom. The number of carbonyl (C=O) groups excluding carboxylic acids is 1. The standard InChI is InChI=1S/C17H27NOS/c1-11(2)12-6-7-14(19)13(8-12)9-16-18-15(10-20-16)17(3,4)5/h10-13H,6-9H2,1-5H3. The molecule has 0 spiro atoms. The molecule has 0 radical (unpaired) electrons. The number of thiazole rings is 1. The van der Waals surface area contributed by atoms with Gasteiger partial charge in [-0.1, -0.05) is 34.6 Å². The van der Waals surface area contributed by atoms with Crippen molar-refractivity contribution < 1.29 is 4.79 Å². The first-order valence-corrected chi connectivity index (χ1v) is 8.63. The Hall–Kier alpha value is -0.700. The molecule has 2 rings (SSSR count). The fourth-order valence-corrected chi connectivity index (χ4v) is 4.01. The van der Waals surface area contributed by atoms with Crippen LogP contribution in [0, 0.1) is 17.8 Å². The normalized spacial score (nSPS) is 24.4. The lowest BCUT2D eigenvalue weighted by molar-refractivity contribution is -0.125. The van der Waals surface area contributed by atoms with E-state index in [-0.39, 0.29) is 11.3 Å². The van der Waals surface area contributed by atoms with E-state index in [9.17, 15) is 4.79 Å². The first-order valence-electron chi connectivity index (χ1n) is 7.75. The fourth-order valence-electron chi connectivity index (χ4n) is 2.91. The summed E-state index contributed by atoms with van der Waals surface area (Å²) in [6.45, 7) is 11.1. The number of nitrogens with zero attached hydrogens (tertiary/aromatic N) is 1. The van der Waals surface area contributed by atoms with E-state index in [0.717, 1.165) is 36.4 Å². The molecule has 1 aliphatic carbocycles. The van der Waals surface area contributed by atoms with Crippen molar-refractivity contribution in [3.05, 3.63) is 16.1 Å². The minimum absolute atomic E-state index is 0.103. The van der Waals surface area contributed by atoms with Crippen LogP contribution in [-0.4, -0.2) is 10.8 Å². The average Bonchev–Trinajstić information content (AvgIpc) is 2.80. The lowest BCUT2D eigenvalue weighted by Crippen LogP contribution is -2.29. The molecule has 0 bridgehead atoms. The summed E-state index contributed by atoms with van der Waals surface area (Å²) >= 11 is 1.72. The smallest absolute Gasteiger partial charge is 0.136 e. The van der Waals surface area contributed by atoms with Crippen LogP contribution in [0.15, 0.2) is 5.38 Å². The van der Waals surface area contributed by atoms with Gasteiger partial charge in [-0.05, 0) is 24.7 Å². The fraction of sp³-hybridized carbons (Fsp3) is 0.765. The van der Waals surface area contributed by atoms with Crippen molar-refractivity contribution in [1.29, 1.82) is 0 Å². The van der Waals surface area contributed by atoms with Gasteiger partial charge in [-0.15, -0.1) is 11.3 Å². The number of aromatic nitrogens is 1. The maximum absolute atomic E-state index is 12.1. The number of carbonyl (C=O) groups is 1. The molecule has 1 aromatic heterocycles. The van der Waals surface area contributed by atoms with Crippen LogP contribution in [0.2, 0.25) is 0 Å². The van der Waals surface area contributed by atoms with Gasteiger partial charge in [-0.25, -0.2) is 4.98 Å². The lowest BCUT2D eigenvalue weighted by atomic mass is 9.74. The summed E-state index contributed by atoms with van der Waals surface area (Å²) in [4.78, 5) is 16.9. The van der Waals surface area contributed by atoms with Crippen LogP contribution >= 0.6 is 11.3 Å². The van der Waals surface area contributed by atoms with E-state index in [1.807, 2.05) is 0 Å². The zero-order valence-corrected chi connectivity index (χ0v) is 14.2. The predicted molar refractivity (Wildman–Crippen MR) is 85.2 cm³/mol. The maximum atomic E-state index is 12.1. The molecule has 2 atom stereocenters. The van der Waals surface area contributed by atoms with Gasteiger partial charge in [0.15, 0.2) is 0 Å². The third kappa shape index (κ3) is 3.69. The molecule has 0 amide bonds. The molecular weight excluding hydrogens is 266 g/mol. The van der Waals surface area contributed by atoms with Crippen LogP contribution in [0.3, 0.4) is 0 Å². The second kappa shape index (κ2) is 5.97. The highest BCUT2D eigenvalue weighted by Crippen LogP contribution is 2.34. The molecule has 2 nitrogen and oxygen atoms in total. The lowest BCUT2D eigenvalue weighted by Gasteiger charge is -2.30. The topological polar surface area (TPSA) is 30.0 Å². The molecule has 1 saturated carbocycles. The summed E-state index contributed by atoms with van der Waals surface area (Å²) < 4.78 is 0. The van der Waals surface area contributed by atoms with Crippen LogP contribution in [-0.2, 0) is 16.6 Å². The van der Waals surface area contributed by atoms with Crippen molar-refractivity contribution in [3.8, 4) is 0 Å². The Morgan fingerprint density at radius 3 is 2.65 bits per heavy atom. The van der Waals surface area contributed by atoms with Gasteiger partial charge >= 0.3 is 0 Å². The quantitative estimate of drug-likeness (QED) is 0.813. The Labute approximate surface area is 127 Å². The average molecular weight is 293 g/mol. The summed E-state index contributed by atoms with van der Waals surface area (Å²) in [5.74, 6) is 2.05. The van der Waals surface area contributed by atoms with Gasteiger partial charge in [0.2, 0.25) is 0 Å². The van der Waals surface area contributed by atoms with Gasteiger partial charge in [0.1, 0.15) is 5.78 Å². The zero-order valence-electron chi connectivity index (χ0n) is 13.4. The summed E-state index contributed by atoms with van der Waals surface area (Å²) in [6.07, 6.45) is 3.76. The van der Waals surface area contributed by atoms with Gasteiger partial charge < -0.3 is 0 Å². The van der Waals surface area contributed by atoms with Gasteiger partial charge in [-0.2, -0.15) is 0 Å². The summed E-state index contributed by atoms with van der Waals surface area (Å²) in [6, 6.07) is 0. The highest BCUT2D eigenvalue weighted by molar-refractivity contribution is 7.09. The molecule has 1 aromatic rings. The third-order valence-corrected chi connectivity index (χ3v) is 5.36. The maximum Gasteiger partial charge on any atom is 0.136 e. The van der Waals surface area contributed by atoms with Crippen molar-refractivity contribution >= 4 is 17.1 Å². The Bertz CT molecular complexity index is 470. The van der Waals surface area contributed by atoms with Gasteiger partial charge in [0, 0.05) is 29.6 Å². The van der Waals surface area contributed by atoms with Crippen molar-refractivity contribution in [1.82, 2.24) is 4.98 Å². The number of Topliss-reactive ketones (excluding diaryl/α,β-unsaturated/α-hetero) is 1. The van der Waals surface area contributed by atoms with E-state index in [4.69, 9.17) is 4.98 Å². The van der Waals surface area contributed by atoms with E-state index in [2.05, 4.69) is 40.0 Å². The van der Waals surface area contributed by atoms with Crippen molar-refractivity contribution in [2.45, 2.75) is 65.7 Å². The van der Waals surface area contributed by atoms with Crippen molar-refractivity contribution in [2.24, 2.45) is 17.8 Å². The largest absolute Gasteiger partial charge is 0.299 e. The number of hydrogen-bond donors (Lipinski definition) is 0. The summed E-state index contributed by atoms with van der Waals surface area (Å²) in [7, 11) is 0. The SMILES string of the molecule is CC(C)C1CCC(=O)C(Cc2nc(C(C)(C)C)cs2)C1. The van der Waals surface area contributed by atoms with E-state index in [1.165, 1.54) is 0 Å². The minimum Gasteiger partial charge on any atom is -0.299 e. The van der Waals surface area contributed by atoms with Crippen molar-refractivity contribution in [2.75, 3.05) is 0 Å². The van der Waals surface area contributed by atoms with Crippen LogP contribution in [0.1, 0.15) is 64.6 Å². The highest BCUT2D eigenvalue weighted by Gasteiger charge is 2.31. The zero-order chi connectivity index (χ0) is 14.9. The summed E-state index contributed by atoms with van der Waals surface area (Å²) in [5.41, 5.74) is 1.26. The minimum atomic E-state index is 0.103. The molecule has 20 heavy (non-hydrogen) atoms. The van der Waals surface area contributed by atoms with E-state index >= 15 is 0 Å². The molecule has 0 aliphatic heterocycles. The van der Waals surface area contributed by atoms with Gasteiger partial charge in [0.25, 0.3) is 0 Å². The molecule has 1 aliphatic rings. The number of ketones is 1. The molecular formula is C17H27NOS. The second-order valence-electron chi connectivity index (χ2n) is 7.52. The molecule has 112 valence electrons. The van der Waals surface area contributed by atoms with E-state index in [1.54, 1.807) is 11.3 Å². The van der Waals surface area contributed by atoms with E-state index in [0.29, 0.717) is 17.6 Å². The van der Waals surface area contributed by atoms with Crippen molar-refractivity contribution in [3.63, 3.8) is 0 Å². The molecule has 3 heteroatoms. The van der Waals surface area contributed by atoms with E-state index < -0.39 is 0 Å². The molecule has 2 unspecified atom stereocenters. The van der Waals surface area contributed by atoms with Crippen LogP contribution in [0.25, 0.3) is 0 Å². The van der Waals surface area contributed by atoms with Gasteiger partial charge in [0.05, 0.1) is 10.7 Å². The van der Waals surface area contributed by atoms with Gasteiger partial charge in [-0.3, -0.25) is 4.79 Å². The first kappa shape index (κ1) is 15.7. The third-order valence-electron chi connectivity index (χ3n) is 4.49. The molecule has 1 heterocycles. The molecule has 0 N–H and O–H groups in total. The monoisotopic (exact) mass is 293 g/mol. The predicted octanol–water partition coefficient (Wildman–Crippen LogP) is 4.62. The Balaban J connectivity index is 2.04. The Morgan fingerprint density at radius 2 is 2.10 bits per heavy atom. The van der Waals surface area contributed by atoms with Crippen LogP contribution in [0.5, 0.6) is 0 Å². The first-order chi connectivity index (χ1) is 9.27. The van der Waals surface area contributed by atoms with Crippen LogP contribution < -0.4 is 0 Å². The highest BCUT2D eigenvalue weighted by atomic mass is 32.1. The number of hydrogen-bond acceptors (Lipinski definition) is 3.